The highest BCUT2D eigenvalue weighted by Crippen LogP contribution is 2.32. The first kappa shape index (κ1) is 23.6. The molecule has 1 amide bonds. The molecule has 0 radical (unpaired) electrons. The number of hydrogen-bond donors (Lipinski definition) is 0. The van der Waals surface area contributed by atoms with E-state index >= 15 is 0 Å². The maximum Gasteiger partial charge on any atom is 0.260 e. The van der Waals surface area contributed by atoms with Gasteiger partial charge in [0.15, 0.2) is 5.13 Å². The van der Waals surface area contributed by atoms with E-state index in [4.69, 9.17) is 14.5 Å². The Bertz CT molecular complexity index is 1170. The van der Waals surface area contributed by atoms with Crippen molar-refractivity contribution >= 4 is 45.0 Å². The van der Waals surface area contributed by atoms with Gasteiger partial charge < -0.3 is 14.0 Å². The van der Waals surface area contributed by atoms with E-state index in [1.54, 1.807) is 49.8 Å². The van der Waals surface area contributed by atoms with E-state index in [9.17, 15) is 4.79 Å². The number of halogens is 1. The molecule has 168 valence electrons. The SMILES string of the molecule is COc1cc(OC)cc(C(=O)N(CCCn2ccnc2)c2nc3c(C)cccc3s2)c1.Cl. The smallest absolute Gasteiger partial charge is 0.260 e. The van der Waals surface area contributed by atoms with Crippen molar-refractivity contribution < 1.29 is 14.3 Å². The minimum atomic E-state index is -0.139. The molecule has 7 nitrogen and oxygen atoms in total. The van der Waals surface area contributed by atoms with Gasteiger partial charge in [0.25, 0.3) is 5.91 Å². The van der Waals surface area contributed by atoms with Crippen molar-refractivity contribution in [3.63, 3.8) is 0 Å². The van der Waals surface area contributed by atoms with E-state index in [2.05, 4.69) is 4.98 Å². The zero-order chi connectivity index (χ0) is 21.8. The Balaban J connectivity index is 0.00000289. The number of rotatable bonds is 8. The van der Waals surface area contributed by atoms with Gasteiger partial charge in [-0.3, -0.25) is 9.69 Å². The van der Waals surface area contributed by atoms with Crippen molar-refractivity contribution in [3.05, 3.63) is 66.2 Å². The van der Waals surface area contributed by atoms with Gasteiger partial charge >= 0.3 is 0 Å². The Morgan fingerprint density at radius 3 is 2.53 bits per heavy atom. The van der Waals surface area contributed by atoms with Crippen LogP contribution in [0, 0.1) is 6.92 Å². The number of imidazole rings is 1. The average molecular weight is 473 g/mol. The molecule has 0 atom stereocenters. The number of benzene rings is 2. The number of carbonyl (C=O) groups is 1. The highest BCUT2D eigenvalue weighted by Gasteiger charge is 2.23. The van der Waals surface area contributed by atoms with Gasteiger partial charge in [0.2, 0.25) is 0 Å². The number of carbonyl (C=O) groups excluding carboxylic acids is 1. The number of amides is 1. The van der Waals surface area contributed by atoms with Crippen molar-refractivity contribution in [3.8, 4) is 11.5 Å². The van der Waals surface area contributed by atoms with Crippen LogP contribution in [0.15, 0.2) is 55.1 Å². The molecule has 2 aromatic heterocycles. The third-order valence-electron chi connectivity index (χ3n) is 5.04. The second-order valence-electron chi connectivity index (χ2n) is 7.13. The third kappa shape index (κ3) is 5.03. The second-order valence-corrected chi connectivity index (χ2v) is 8.14. The number of fused-ring (bicyclic) bond motifs is 1. The summed E-state index contributed by atoms with van der Waals surface area (Å²) >= 11 is 1.52. The first-order valence-corrected chi connectivity index (χ1v) is 10.8. The first-order chi connectivity index (χ1) is 15.1. The van der Waals surface area contributed by atoms with Crippen LogP contribution in [-0.4, -0.2) is 41.2 Å². The van der Waals surface area contributed by atoms with Crippen molar-refractivity contribution in [2.24, 2.45) is 0 Å². The molecule has 32 heavy (non-hydrogen) atoms. The van der Waals surface area contributed by atoms with Crippen molar-refractivity contribution in [1.82, 2.24) is 14.5 Å². The van der Waals surface area contributed by atoms with E-state index in [1.807, 2.05) is 35.9 Å². The van der Waals surface area contributed by atoms with E-state index in [1.165, 1.54) is 11.3 Å². The van der Waals surface area contributed by atoms with Crippen LogP contribution in [0.1, 0.15) is 22.3 Å². The van der Waals surface area contributed by atoms with Gasteiger partial charge in [0.1, 0.15) is 11.5 Å². The van der Waals surface area contributed by atoms with Crippen molar-refractivity contribution in [2.45, 2.75) is 19.9 Å². The topological polar surface area (TPSA) is 69.5 Å². The summed E-state index contributed by atoms with van der Waals surface area (Å²) in [5, 5.41) is 0.682. The van der Waals surface area contributed by atoms with Crippen LogP contribution in [0.3, 0.4) is 0 Å². The number of thiazole rings is 1. The molecule has 4 aromatic rings. The number of methoxy groups -OCH3 is 2. The Morgan fingerprint density at radius 2 is 1.91 bits per heavy atom. The largest absolute Gasteiger partial charge is 0.497 e. The van der Waals surface area contributed by atoms with Crippen LogP contribution < -0.4 is 14.4 Å². The lowest BCUT2D eigenvalue weighted by Gasteiger charge is -2.21. The zero-order valence-corrected chi connectivity index (χ0v) is 19.8. The van der Waals surface area contributed by atoms with E-state index < -0.39 is 0 Å². The summed E-state index contributed by atoms with van der Waals surface area (Å²) in [6.45, 7) is 3.31. The molecule has 4 rings (SSSR count). The first-order valence-electron chi connectivity index (χ1n) is 9.96. The second kappa shape index (κ2) is 10.5. The summed E-state index contributed by atoms with van der Waals surface area (Å²) in [4.78, 5) is 24.2. The summed E-state index contributed by atoms with van der Waals surface area (Å²) < 4.78 is 13.8. The number of aryl methyl sites for hydroxylation is 2. The lowest BCUT2D eigenvalue weighted by Crippen LogP contribution is -2.32. The predicted octanol–water partition coefficient (Wildman–Crippen LogP) is 4.98. The summed E-state index contributed by atoms with van der Waals surface area (Å²) in [6, 6.07) is 11.3. The van der Waals surface area contributed by atoms with Gasteiger partial charge in [-0.1, -0.05) is 23.5 Å². The van der Waals surface area contributed by atoms with Crippen LogP contribution in [0.2, 0.25) is 0 Å². The zero-order valence-electron chi connectivity index (χ0n) is 18.1. The van der Waals surface area contributed by atoms with Gasteiger partial charge in [-0.25, -0.2) is 9.97 Å². The molecule has 0 N–H and O–H groups in total. The molecule has 0 aliphatic carbocycles. The van der Waals surface area contributed by atoms with Crippen molar-refractivity contribution in [2.75, 3.05) is 25.7 Å². The highest BCUT2D eigenvalue weighted by molar-refractivity contribution is 7.22. The van der Waals surface area contributed by atoms with Gasteiger partial charge in [0, 0.05) is 37.1 Å². The normalized spacial score (nSPS) is 10.6. The molecule has 0 aliphatic rings. The molecule has 0 saturated carbocycles. The molecule has 0 spiro atoms. The van der Waals surface area contributed by atoms with E-state index in [0.29, 0.717) is 28.7 Å². The van der Waals surface area contributed by atoms with Crippen LogP contribution >= 0.6 is 23.7 Å². The average Bonchev–Trinajstić information content (AvgIpc) is 3.46. The van der Waals surface area contributed by atoms with Gasteiger partial charge in [-0.15, -0.1) is 12.4 Å². The number of hydrogen-bond acceptors (Lipinski definition) is 6. The quantitative estimate of drug-likeness (QED) is 0.362. The molecule has 0 bridgehead atoms. The number of anilines is 1. The minimum Gasteiger partial charge on any atom is -0.497 e. The lowest BCUT2D eigenvalue weighted by molar-refractivity contribution is 0.0985. The maximum absolute atomic E-state index is 13.6. The fraction of sp³-hybridized carbons (Fsp3) is 0.261. The van der Waals surface area contributed by atoms with Crippen LogP contribution in [0.5, 0.6) is 11.5 Å². The lowest BCUT2D eigenvalue weighted by atomic mass is 10.1. The Morgan fingerprint density at radius 1 is 1.16 bits per heavy atom. The van der Waals surface area contributed by atoms with Crippen LogP contribution in [0.4, 0.5) is 5.13 Å². The molecule has 0 fully saturated rings. The Kier molecular flexibility index (Phi) is 7.71. The summed E-state index contributed by atoms with van der Waals surface area (Å²) in [6.07, 6.45) is 6.21. The van der Waals surface area contributed by atoms with Gasteiger partial charge in [-0.2, -0.15) is 0 Å². The fourth-order valence-electron chi connectivity index (χ4n) is 3.39. The van der Waals surface area contributed by atoms with Gasteiger partial charge in [0.05, 0.1) is 30.8 Å². The fourth-order valence-corrected chi connectivity index (χ4v) is 4.46. The summed E-state index contributed by atoms with van der Waals surface area (Å²) in [7, 11) is 3.14. The highest BCUT2D eigenvalue weighted by atomic mass is 35.5. The monoisotopic (exact) mass is 472 g/mol. The molecule has 0 aliphatic heterocycles. The molecule has 2 aromatic carbocycles. The minimum absolute atomic E-state index is 0. The number of aromatic nitrogens is 3. The van der Waals surface area contributed by atoms with Crippen LogP contribution in [-0.2, 0) is 6.54 Å². The van der Waals surface area contributed by atoms with Crippen LogP contribution in [0.25, 0.3) is 10.2 Å². The standard InChI is InChI=1S/C23H24N4O3S.ClH/c1-16-6-4-7-20-21(16)25-23(31-20)27(10-5-9-26-11-8-24-15-26)22(28)17-12-18(29-2)14-19(13-17)30-3;/h4,6-8,11-15H,5,9-10H2,1-3H3;1H. The molecule has 0 saturated heterocycles. The molecular formula is C23H25ClN4O3S. The summed E-state index contributed by atoms with van der Waals surface area (Å²) in [5.74, 6) is 1.00. The van der Waals surface area contributed by atoms with E-state index in [0.717, 1.165) is 28.7 Å². The number of ether oxygens (including phenoxy) is 2. The maximum atomic E-state index is 13.6. The summed E-state index contributed by atoms with van der Waals surface area (Å²) in [5.41, 5.74) is 2.52. The predicted molar refractivity (Wildman–Crippen MR) is 130 cm³/mol. The molecule has 0 unspecified atom stereocenters. The van der Waals surface area contributed by atoms with Crippen molar-refractivity contribution in [1.29, 1.82) is 0 Å². The van der Waals surface area contributed by atoms with E-state index in [-0.39, 0.29) is 18.3 Å². The molecule has 2 heterocycles. The Labute approximate surface area is 197 Å². The third-order valence-corrected chi connectivity index (χ3v) is 6.08. The Hall–Kier alpha value is -3.10. The number of para-hydroxylation sites is 1. The number of nitrogens with zero attached hydrogens (tertiary/aromatic N) is 4. The molecule has 9 heteroatoms. The van der Waals surface area contributed by atoms with Gasteiger partial charge in [-0.05, 0) is 37.1 Å². The molecular weight excluding hydrogens is 448 g/mol.